The van der Waals surface area contributed by atoms with E-state index in [0.717, 1.165) is 17.6 Å². The molecule has 1 saturated carbocycles. The average molecular weight is 262 g/mol. The number of nitrogens with two attached hydrogens (primary N) is 1. The first-order valence-corrected chi connectivity index (χ1v) is 7.78. The van der Waals surface area contributed by atoms with E-state index < -0.39 is 0 Å². The highest BCUT2D eigenvalue weighted by Gasteiger charge is 2.36. The van der Waals surface area contributed by atoms with Crippen molar-refractivity contribution >= 4 is 0 Å². The normalized spacial score (nSPS) is 31.7. The van der Waals surface area contributed by atoms with E-state index in [1.54, 1.807) is 6.26 Å². The lowest BCUT2D eigenvalue weighted by molar-refractivity contribution is 0.0420. The zero-order chi connectivity index (χ0) is 13.2. The smallest absolute Gasteiger partial charge is 0.122 e. The van der Waals surface area contributed by atoms with Gasteiger partial charge in [0.1, 0.15) is 5.76 Å². The average Bonchev–Trinajstić information content (AvgIpc) is 2.92. The number of hydrogen-bond donors (Lipinski definition) is 1. The van der Waals surface area contributed by atoms with Gasteiger partial charge in [-0.05, 0) is 50.3 Å². The first-order valence-electron chi connectivity index (χ1n) is 7.78. The fourth-order valence-electron chi connectivity index (χ4n) is 4.11. The van der Waals surface area contributed by atoms with Crippen LogP contribution >= 0.6 is 0 Å². The molecule has 0 spiro atoms. The van der Waals surface area contributed by atoms with Crippen LogP contribution in [0.4, 0.5) is 0 Å². The van der Waals surface area contributed by atoms with Gasteiger partial charge in [0.15, 0.2) is 0 Å². The van der Waals surface area contributed by atoms with Gasteiger partial charge in [-0.2, -0.15) is 0 Å². The molecule has 0 bridgehead atoms. The van der Waals surface area contributed by atoms with Crippen LogP contribution in [-0.2, 0) is 0 Å². The van der Waals surface area contributed by atoms with Crippen LogP contribution in [0, 0.1) is 11.8 Å². The number of fused-ring (bicyclic) bond motifs is 1. The van der Waals surface area contributed by atoms with Crippen molar-refractivity contribution < 1.29 is 4.42 Å². The molecule has 0 amide bonds. The molecular formula is C16H26N2O. The van der Waals surface area contributed by atoms with Crippen LogP contribution in [0.2, 0.25) is 0 Å². The van der Waals surface area contributed by atoms with E-state index in [9.17, 15) is 0 Å². The molecule has 4 atom stereocenters. The van der Waals surface area contributed by atoms with Gasteiger partial charge in [0.2, 0.25) is 0 Å². The molecule has 2 aliphatic rings. The Kier molecular flexibility index (Phi) is 3.94. The largest absolute Gasteiger partial charge is 0.468 e. The fraction of sp³-hybridized carbons (Fsp3) is 0.750. The summed E-state index contributed by atoms with van der Waals surface area (Å²) < 4.78 is 5.62. The highest BCUT2D eigenvalue weighted by atomic mass is 16.3. The standard InChI is InChI=1S/C16H26N2O/c1-12(17)16(15-7-4-10-19-15)18-9-8-13-5-2-3-6-14(13)11-18/h4,7,10,12-14,16H,2-3,5-6,8-9,11,17H2,1H3. The Morgan fingerprint density at radius 2 is 2.05 bits per heavy atom. The van der Waals surface area contributed by atoms with Gasteiger partial charge in [0, 0.05) is 12.6 Å². The Labute approximate surface area is 116 Å². The molecule has 1 aliphatic carbocycles. The third-order valence-electron chi connectivity index (χ3n) is 5.05. The van der Waals surface area contributed by atoms with E-state index in [1.165, 1.54) is 45.2 Å². The van der Waals surface area contributed by atoms with Crippen LogP contribution in [0.1, 0.15) is 50.8 Å². The molecule has 1 aromatic heterocycles. The summed E-state index contributed by atoms with van der Waals surface area (Å²) in [5.41, 5.74) is 6.23. The first kappa shape index (κ1) is 13.2. The summed E-state index contributed by atoms with van der Waals surface area (Å²) in [5, 5.41) is 0. The maximum Gasteiger partial charge on any atom is 0.122 e. The summed E-state index contributed by atoms with van der Waals surface area (Å²) >= 11 is 0. The van der Waals surface area contributed by atoms with Crippen LogP contribution in [0.15, 0.2) is 22.8 Å². The summed E-state index contributed by atoms with van der Waals surface area (Å²) in [6.07, 6.45) is 8.81. The minimum atomic E-state index is 0.117. The predicted molar refractivity (Wildman–Crippen MR) is 76.7 cm³/mol. The summed E-state index contributed by atoms with van der Waals surface area (Å²) in [4.78, 5) is 2.57. The summed E-state index contributed by atoms with van der Waals surface area (Å²) in [7, 11) is 0. The van der Waals surface area contributed by atoms with Crippen LogP contribution in [0.3, 0.4) is 0 Å². The molecule has 0 aromatic carbocycles. The zero-order valence-electron chi connectivity index (χ0n) is 11.9. The van der Waals surface area contributed by atoms with E-state index in [4.69, 9.17) is 10.2 Å². The van der Waals surface area contributed by atoms with E-state index in [2.05, 4.69) is 17.9 Å². The van der Waals surface area contributed by atoms with Crippen molar-refractivity contribution in [3.8, 4) is 0 Å². The van der Waals surface area contributed by atoms with Crippen molar-refractivity contribution in [2.24, 2.45) is 17.6 Å². The second-order valence-corrected chi connectivity index (χ2v) is 6.41. The maximum absolute atomic E-state index is 6.23. The van der Waals surface area contributed by atoms with Crippen molar-refractivity contribution in [1.82, 2.24) is 4.90 Å². The topological polar surface area (TPSA) is 42.4 Å². The van der Waals surface area contributed by atoms with Gasteiger partial charge in [0.25, 0.3) is 0 Å². The van der Waals surface area contributed by atoms with Crippen LogP contribution in [-0.4, -0.2) is 24.0 Å². The monoisotopic (exact) mass is 262 g/mol. The lowest BCUT2D eigenvalue weighted by Crippen LogP contribution is -2.47. The molecule has 2 heterocycles. The molecule has 4 unspecified atom stereocenters. The fourth-order valence-corrected chi connectivity index (χ4v) is 4.11. The lowest BCUT2D eigenvalue weighted by Gasteiger charge is -2.44. The van der Waals surface area contributed by atoms with E-state index in [0.29, 0.717) is 0 Å². The molecule has 1 aromatic rings. The zero-order valence-corrected chi connectivity index (χ0v) is 11.9. The van der Waals surface area contributed by atoms with Crippen molar-refractivity contribution in [3.63, 3.8) is 0 Å². The Balaban J connectivity index is 1.73. The van der Waals surface area contributed by atoms with Crippen LogP contribution in [0.25, 0.3) is 0 Å². The molecule has 1 aliphatic heterocycles. The van der Waals surface area contributed by atoms with Gasteiger partial charge in [0.05, 0.1) is 12.3 Å². The number of piperidine rings is 1. The number of rotatable bonds is 3. The summed E-state index contributed by atoms with van der Waals surface area (Å²) in [5.74, 6) is 2.89. The number of likely N-dealkylation sites (tertiary alicyclic amines) is 1. The van der Waals surface area contributed by atoms with Crippen molar-refractivity contribution in [3.05, 3.63) is 24.2 Å². The third-order valence-corrected chi connectivity index (χ3v) is 5.05. The summed E-state index contributed by atoms with van der Waals surface area (Å²) in [6.45, 7) is 4.48. The molecular weight excluding hydrogens is 236 g/mol. The van der Waals surface area contributed by atoms with Crippen LogP contribution in [0.5, 0.6) is 0 Å². The molecule has 2 N–H and O–H groups in total. The molecule has 19 heavy (non-hydrogen) atoms. The molecule has 106 valence electrons. The van der Waals surface area contributed by atoms with Crippen LogP contribution < -0.4 is 5.73 Å². The van der Waals surface area contributed by atoms with E-state index >= 15 is 0 Å². The Bertz CT molecular complexity index is 387. The lowest BCUT2D eigenvalue weighted by atomic mass is 9.74. The molecule has 3 rings (SSSR count). The SMILES string of the molecule is CC(N)C(c1ccco1)N1CCC2CCCCC2C1. The minimum absolute atomic E-state index is 0.117. The van der Waals surface area contributed by atoms with Crippen molar-refractivity contribution in [1.29, 1.82) is 0 Å². The molecule has 2 fully saturated rings. The van der Waals surface area contributed by atoms with Crippen molar-refractivity contribution in [2.45, 2.75) is 51.1 Å². The van der Waals surface area contributed by atoms with Crippen molar-refractivity contribution in [2.75, 3.05) is 13.1 Å². The Morgan fingerprint density at radius 1 is 1.26 bits per heavy atom. The third kappa shape index (κ3) is 2.72. The molecule has 1 saturated heterocycles. The van der Waals surface area contributed by atoms with Gasteiger partial charge in [-0.1, -0.05) is 19.3 Å². The number of nitrogens with zero attached hydrogens (tertiary/aromatic N) is 1. The van der Waals surface area contributed by atoms with E-state index in [-0.39, 0.29) is 12.1 Å². The Hall–Kier alpha value is -0.800. The summed E-state index contributed by atoms with van der Waals surface area (Å²) in [6, 6.07) is 4.41. The second-order valence-electron chi connectivity index (χ2n) is 6.41. The van der Waals surface area contributed by atoms with Gasteiger partial charge in [-0.3, -0.25) is 4.90 Å². The van der Waals surface area contributed by atoms with Gasteiger partial charge < -0.3 is 10.2 Å². The quantitative estimate of drug-likeness (QED) is 0.909. The second kappa shape index (κ2) is 5.68. The number of furan rings is 1. The molecule has 0 radical (unpaired) electrons. The van der Waals surface area contributed by atoms with Gasteiger partial charge in [-0.15, -0.1) is 0 Å². The first-order chi connectivity index (χ1) is 9.25. The molecule has 3 heteroatoms. The van der Waals surface area contributed by atoms with Gasteiger partial charge >= 0.3 is 0 Å². The highest BCUT2D eigenvalue weighted by molar-refractivity contribution is 5.08. The highest BCUT2D eigenvalue weighted by Crippen LogP contribution is 2.39. The predicted octanol–water partition coefficient (Wildman–Crippen LogP) is 3.18. The Morgan fingerprint density at radius 3 is 2.74 bits per heavy atom. The maximum atomic E-state index is 6.23. The minimum Gasteiger partial charge on any atom is -0.468 e. The molecule has 3 nitrogen and oxygen atoms in total. The van der Waals surface area contributed by atoms with E-state index in [1.807, 2.05) is 6.07 Å². The van der Waals surface area contributed by atoms with Gasteiger partial charge in [-0.25, -0.2) is 0 Å². The number of hydrogen-bond acceptors (Lipinski definition) is 3.